The molecule has 0 radical (unpaired) electrons. The number of carbonyl (C=O) groups excluding carboxylic acids is 3. The number of nitrogens with one attached hydrogen (secondary N) is 2. The van der Waals surface area contributed by atoms with Gasteiger partial charge in [-0.25, -0.2) is 0 Å². The third-order valence-corrected chi connectivity index (χ3v) is 4.60. The topological polar surface area (TPSA) is 105 Å². The van der Waals surface area contributed by atoms with Crippen LogP contribution in [0.25, 0.3) is 0 Å². The lowest BCUT2D eigenvalue weighted by Crippen LogP contribution is -2.45. The van der Waals surface area contributed by atoms with Gasteiger partial charge in [-0.2, -0.15) is 0 Å². The van der Waals surface area contributed by atoms with Crippen molar-refractivity contribution >= 4 is 17.8 Å². The van der Waals surface area contributed by atoms with Crippen LogP contribution < -0.4 is 10.6 Å². The zero-order chi connectivity index (χ0) is 23.1. The van der Waals surface area contributed by atoms with Gasteiger partial charge in [-0.1, -0.05) is 42.5 Å². The number of ether oxygens (including phenoxy) is 1. The van der Waals surface area contributed by atoms with Crippen LogP contribution in [0.15, 0.2) is 55.6 Å². The van der Waals surface area contributed by atoms with E-state index in [1.807, 2.05) is 30.3 Å². The molecule has 7 heteroatoms. The molecule has 1 rings (SSSR count). The summed E-state index contributed by atoms with van der Waals surface area (Å²) in [7, 11) is 0. The SMILES string of the molecule is C=CCCC(=O)OC[C@H](Cc1ccccc1)NC(=O)[C@H](CC=C)CC(=O)N[C@@H](C)CO. The molecule has 0 bridgehead atoms. The highest BCUT2D eigenvalue weighted by atomic mass is 16.5. The van der Waals surface area contributed by atoms with Crippen molar-refractivity contribution < 1.29 is 24.2 Å². The van der Waals surface area contributed by atoms with E-state index in [1.165, 1.54) is 0 Å². The minimum Gasteiger partial charge on any atom is -0.463 e. The summed E-state index contributed by atoms with van der Waals surface area (Å²) in [4.78, 5) is 37.0. The molecule has 0 heterocycles. The lowest BCUT2D eigenvalue weighted by atomic mass is 9.98. The first-order valence-corrected chi connectivity index (χ1v) is 10.5. The summed E-state index contributed by atoms with van der Waals surface area (Å²) < 4.78 is 5.34. The first-order chi connectivity index (χ1) is 14.9. The van der Waals surface area contributed by atoms with E-state index in [9.17, 15) is 14.4 Å². The monoisotopic (exact) mass is 430 g/mol. The van der Waals surface area contributed by atoms with Crippen molar-refractivity contribution in [3.05, 3.63) is 61.2 Å². The molecule has 0 aliphatic rings. The molecule has 0 aliphatic carbocycles. The molecule has 0 unspecified atom stereocenters. The van der Waals surface area contributed by atoms with Crippen LogP contribution in [0.2, 0.25) is 0 Å². The summed E-state index contributed by atoms with van der Waals surface area (Å²) in [6, 6.07) is 8.75. The zero-order valence-corrected chi connectivity index (χ0v) is 18.2. The van der Waals surface area contributed by atoms with Crippen molar-refractivity contribution in [2.24, 2.45) is 5.92 Å². The fourth-order valence-corrected chi connectivity index (χ4v) is 2.94. The van der Waals surface area contributed by atoms with Crippen LogP contribution in [0.4, 0.5) is 0 Å². The highest BCUT2D eigenvalue weighted by Crippen LogP contribution is 2.12. The summed E-state index contributed by atoms with van der Waals surface area (Å²) in [5.74, 6) is -1.60. The van der Waals surface area contributed by atoms with E-state index in [1.54, 1.807) is 19.1 Å². The maximum atomic E-state index is 12.9. The zero-order valence-electron chi connectivity index (χ0n) is 18.2. The van der Waals surface area contributed by atoms with Gasteiger partial charge in [0.15, 0.2) is 0 Å². The average Bonchev–Trinajstić information content (AvgIpc) is 2.76. The first-order valence-electron chi connectivity index (χ1n) is 10.5. The van der Waals surface area contributed by atoms with Gasteiger partial charge in [0.2, 0.25) is 11.8 Å². The average molecular weight is 431 g/mol. The minimum absolute atomic E-state index is 0.0284. The molecule has 0 saturated heterocycles. The van der Waals surface area contributed by atoms with E-state index in [-0.39, 0.29) is 49.9 Å². The van der Waals surface area contributed by atoms with Gasteiger partial charge < -0.3 is 20.5 Å². The molecule has 3 N–H and O–H groups in total. The first kappa shape index (κ1) is 26.1. The Morgan fingerprint density at radius 1 is 1.13 bits per heavy atom. The molecular formula is C24H34N2O5. The highest BCUT2D eigenvalue weighted by Gasteiger charge is 2.24. The maximum absolute atomic E-state index is 12.9. The van der Waals surface area contributed by atoms with E-state index in [4.69, 9.17) is 9.84 Å². The van der Waals surface area contributed by atoms with E-state index < -0.39 is 12.0 Å². The number of hydrogen-bond acceptors (Lipinski definition) is 5. The van der Waals surface area contributed by atoms with Crippen molar-refractivity contribution in [2.75, 3.05) is 13.2 Å². The van der Waals surface area contributed by atoms with Crippen molar-refractivity contribution in [1.29, 1.82) is 0 Å². The molecule has 0 aromatic heterocycles. The van der Waals surface area contributed by atoms with Gasteiger partial charge in [0.05, 0.1) is 18.6 Å². The number of aliphatic hydroxyl groups excluding tert-OH is 1. The highest BCUT2D eigenvalue weighted by molar-refractivity contribution is 5.86. The molecule has 3 atom stereocenters. The molecule has 31 heavy (non-hydrogen) atoms. The van der Waals surface area contributed by atoms with E-state index in [2.05, 4.69) is 23.8 Å². The number of amides is 2. The number of benzene rings is 1. The van der Waals surface area contributed by atoms with Crippen LogP contribution in [0.3, 0.4) is 0 Å². The second-order valence-electron chi connectivity index (χ2n) is 7.48. The number of hydrogen-bond donors (Lipinski definition) is 3. The Kier molecular flexibility index (Phi) is 12.6. The van der Waals surface area contributed by atoms with Crippen LogP contribution >= 0.6 is 0 Å². The lowest BCUT2D eigenvalue weighted by Gasteiger charge is -2.23. The molecule has 7 nitrogen and oxygen atoms in total. The lowest BCUT2D eigenvalue weighted by molar-refractivity contribution is -0.145. The third kappa shape index (κ3) is 11.1. The van der Waals surface area contributed by atoms with E-state index in [0.29, 0.717) is 19.3 Å². The Morgan fingerprint density at radius 3 is 2.45 bits per heavy atom. The number of aliphatic hydroxyl groups is 1. The molecular weight excluding hydrogens is 396 g/mol. The fraction of sp³-hybridized carbons (Fsp3) is 0.458. The standard InChI is InChI=1S/C24H34N2O5/c1-4-6-13-23(29)31-17-21(14-19-11-8-7-9-12-19)26-24(30)20(10-5-2)15-22(28)25-18(3)16-27/h4-5,7-9,11-12,18,20-21,27H,1-2,6,10,13-17H2,3H3,(H,25,28)(H,26,30)/t18-,20+,21-/m0/s1. The molecule has 1 aromatic carbocycles. The summed E-state index contributed by atoms with van der Waals surface area (Å²) in [5, 5.41) is 14.7. The minimum atomic E-state index is -0.613. The molecule has 0 aliphatic heterocycles. The predicted molar refractivity (Wildman–Crippen MR) is 120 cm³/mol. The molecule has 1 aromatic rings. The second kappa shape index (κ2) is 15.0. The largest absolute Gasteiger partial charge is 0.463 e. The van der Waals surface area contributed by atoms with Gasteiger partial charge in [0, 0.05) is 18.9 Å². The Labute approximate surface area is 184 Å². The fourth-order valence-electron chi connectivity index (χ4n) is 2.94. The van der Waals surface area contributed by atoms with Crippen molar-refractivity contribution in [2.45, 2.75) is 51.1 Å². The number of allylic oxidation sites excluding steroid dienone is 2. The number of esters is 1. The normalized spacial score (nSPS) is 13.4. The van der Waals surface area contributed by atoms with Crippen molar-refractivity contribution in [3.8, 4) is 0 Å². The summed E-state index contributed by atoms with van der Waals surface area (Å²) in [5.41, 5.74) is 0.990. The van der Waals surface area contributed by atoms with Gasteiger partial charge in [-0.05, 0) is 31.7 Å². The van der Waals surface area contributed by atoms with Gasteiger partial charge in [-0.3, -0.25) is 14.4 Å². The second-order valence-corrected chi connectivity index (χ2v) is 7.48. The Morgan fingerprint density at radius 2 is 1.84 bits per heavy atom. The molecule has 0 saturated carbocycles. The smallest absolute Gasteiger partial charge is 0.306 e. The van der Waals surface area contributed by atoms with Crippen LogP contribution in [0.5, 0.6) is 0 Å². The van der Waals surface area contributed by atoms with Crippen LogP contribution in [-0.4, -0.2) is 48.2 Å². The molecule has 0 fully saturated rings. The number of rotatable bonds is 15. The summed E-state index contributed by atoms with van der Waals surface area (Å²) >= 11 is 0. The number of carbonyl (C=O) groups is 3. The Balaban J connectivity index is 2.80. The molecule has 2 amide bonds. The van der Waals surface area contributed by atoms with Crippen LogP contribution in [0.1, 0.15) is 38.2 Å². The van der Waals surface area contributed by atoms with Crippen molar-refractivity contribution in [3.63, 3.8) is 0 Å². The summed E-state index contributed by atoms with van der Waals surface area (Å²) in [6.45, 7) is 8.79. The maximum Gasteiger partial charge on any atom is 0.306 e. The Hall–Kier alpha value is -2.93. The Bertz CT molecular complexity index is 720. The van der Waals surface area contributed by atoms with Gasteiger partial charge >= 0.3 is 5.97 Å². The van der Waals surface area contributed by atoms with Gasteiger partial charge in [0.25, 0.3) is 0 Å². The quantitative estimate of drug-likeness (QED) is 0.293. The predicted octanol–water partition coefficient (Wildman–Crippen LogP) is 2.30. The van der Waals surface area contributed by atoms with Crippen molar-refractivity contribution in [1.82, 2.24) is 10.6 Å². The summed E-state index contributed by atoms with van der Waals surface area (Å²) in [6.07, 6.45) is 4.77. The van der Waals surface area contributed by atoms with Crippen LogP contribution in [-0.2, 0) is 25.5 Å². The van der Waals surface area contributed by atoms with Gasteiger partial charge in [0.1, 0.15) is 6.61 Å². The van der Waals surface area contributed by atoms with Crippen LogP contribution in [0, 0.1) is 5.92 Å². The van der Waals surface area contributed by atoms with Gasteiger partial charge in [-0.15, -0.1) is 13.2 Å². The molecule has 170 valence electrons. The van der Waals surface area contributed by atoms with E-state index >= 15 is 0 Å². The third-order valence-electron chi connectivity index (χ3n) is 4.60. The molecule has 0 spiro atoms. The van der Waals surface area contributed by atoms with E-state index in [0.717, 1.165) is 5.56 Å².